The average Bonchev–Trinajstić information content (AvgIpc) is 2.44. The maximum absolute atomic E-state index is 13.0. The Labute approximate surface area is 145 Å². The zero-order chi connectivity index (χ0) is 17.1. The Morgan fingerprint density at radius 2 is 1.70 bits per heavy atom. The fourth-order valence-corrected chi connectivity index (χ4v) is 3.17. The highest BCUT2D eigenvalue weighted by atomic mass is 79.9. The Balaban J connectivity index is 2.58. The molecule has 0 aliphatic rings. The molecule has 0 spiro atoms. The average molecular weight is 460 g/mol. The van der Waals surface area contributed by atoms with Crippen molar-refractivity contribution in [1.82, 2.24) is 4.98 Å². The van der Waals surface area contributed by atoms with Crippen molar-refractivity contribution in [2.45, 2.75) is 0 Å². The lowest BCUT2D eigenvalue weighted by molar-refractivity contribution is 0.0745. The van der Waals surface area contributed by atoms with Crippen LogP contribution in [0, 0.1) is 0 Å². The molecule has 23 heavy (non-hydrogen) atoms. The molecule has 4 atom stereocenters. The van der Waals surface area contributed by atoms with Crippen LogP contribution in [0.5, 0.6) is 0 Å². The van der Waals surface area contributed by atoms with Gasteiger partial charge in [0.25, 0.3) is 16.3 Å². The first-order valence-corrected chi connectivity index (χ1v) is 12.1. The van der Waals surface area contributed by atoms with E-state index >= 15 is 0 Å². The third-order valence-corrected chi connectivity index (χ3v) is 4.35. The molecule has 0 aliphatic carbocycles. The van der Waals surface area contributed by atoms with Crippen molar-refractivity contribution in [2.75, 3.05) is 0 Å². The molecule has 1 heterocycles. The summed E-state index contributed by atoms with van der Waals surface area (Å²) in [6.45, 7) is 0. The van der Waals surface area contributed by atoms with Crippen LogP contribution in [0.15, 0.2) is 28.7 Å². The summed E-state index contributed by atoms with van der Waals surface area (Å²) in [4.78, 5) is 27.9. The van der Waals surface area contributed by atoms with Gasteiger partial charge < -0.3 is 9.05 Å². The lowest BCUT2D eigenvalue weighted by atomic mass is 10.1. The summed E-state index contributed by atoms with van der Waals surface area (Å²) in [7, 11) is -1.55. The summed E-state index contributed by atoms with van der Waals surface area (Å²) < 4.78 is 35.5. The second kappa shape index (κ2) is 8.14. The van der Waals surface area contributed by atoms with Gasteiger partial charge in [0.2, 0.25) is 0 Å². The molecule has 0 aliphatic heterocycles. The first-order chi connectivity index (χ1) is 10.8. The molecule has 0 N–H and O–H groups in total. The highest BCUT2D eigenvalue weighted by Gasteiger charge is 2.21. The van der Waals surface area contributed by atoms with Crippen LogP contribution in [-0.2, 0) is 9.05 Å². The number of hydrogen-bond donors (Lipinski definition) is 0. The zero-order valence-corrected chi connectivity index (χ0v) is 16.8. The molecular formula is C11H8BrF2NO4P4. The van der Waals surface area contributed by atoms with Crippen LogP contribution in [-0.4, -0.2) is 16.9 Å². The fraction of sp³-hybridized carbons (Fsp3) is 0. The van der Waals surface area contributed by atoms with Gasteiger partial charge in [0.15, 0.2) is 0 Å². The quantitative estimate of drug-likeness (QED) is 0.568. The van der Waals surface area contributed by atoms with Crippen LogP contribution < -0.4 is 0 Å². The minimum Gasteiger partial charge on any atom is -0.406 e. The molecule has 0 amide bonds. The summed E-state index contributed by atoms with van der Waals surface area (Å²) in [5.74, 6) is -1.98. The van der Waals surface area contributed by atoms with Gasteiger partial charge in [0.05, 0.1) is 11.1 Å². The second-order valence-corrected chi connectivity index (χ2v) is 8.82. The predicted molar refractivity (Wildman–Crippen MR) is 95.7 cm³/mol. The summed E-state index contributed by atoms with van der Waals surface area (Å²) in [6, 6.07) is 5.86. The van der Waals surface area contributed by atoms with E-state index in [2.05, 4.69) is 30.0 Å². The summed E-state index contributed by atoms with van der Waals surface area (Å²) in [5, 5.41) is 0.358. The first-order valence-electron chi connectivity index (χ1n) is 5.74. The summed E-state index contributed by atoms with van der Waals surface area (Å²) >= 11 is 3.25. The number of aromatic nitrogens is 1. The van der Waals surface area contributed by atoms with E-state index < -0.39 is 28.2 Å². The minimum absolute atomic E-state index is 0.0669. The van der Waals surface area contributed by atoms with E-state index in [1.54, 1.807) is 36.1 Å². The molecule has 1 aromatic carbocycles. The minimum atomic E-state index is -2.51. The largest absolute Gasteiger partial charge is 0.406 e. The molecule has 1 aromatic heterocycles. The van der Waals surface area contributed by atoms with Crippen molar-refractivity contribution in [3.8, 4) is 0 Å². The van der Waals surface area contributed by atoms with Gasteiger partial charge in [0.1, 0.15) is 5.69 Å². The number of halogens is 3. The third-order valence-electron chi connectivity index (χ3n) is 2.54. The van der Waals surface area contributed by atoms with Gasteiger partial charge in [-0.1, -0.05) is 15.9 Å². The normalized spacial score (nSPS) is 13.4. The SMILES string of the molecule is O=C(OP(F)P)c1cc(C(=O)OP(F)P)c2cc(Br)ccc2n1. The number of hydrogen-bond acceptors (Lipinski definition) is 5. The standard InChI is InChI=1S/C11H8BrF2NO4P4/c12-5-1-2-8-6(3-5)7(10(16)18-22(13)20)4-9(15-8)11(17)19-23(14)21/h1-4H,20-21H2. The molecule has 4 unspecified atom stereocenters. The van der Waals surface area contributed by atoms with Crippen LogP contribution in [0.25, 0.3) is 10.9 Å². The smallest absolute Gasteiger partial charge is 0.361 e. The Bertz CT molecular complexity index is 777. The molecule has 122 valence electrons. The van der Waals surface area contributed by atoms with Gasteiger partial charge in [-0.2, -0.15) is 8.39 Å². The Morgan fingerprint density at radius 1 is 1.09 bits per heavy atom. The topological polar surface area (TPSA) is 65.5 Å². The molecule has 2 rings (SSSR count). The molecule has 0 radical (unpaired) electrons. The van der Waals surface area contributed by atoms with Gasteiger partial charge in [-0.3, -0.25) is 0 Å². The number of nitrogens with zero attached hydrogens (tertiary/aromatic N) is 1. The van der Waals surface area contributed by atoms with Crippen LogP contribution in [0.1, 0.15) is 20.8 Å². The van der Waals surface area contributed by atoms with E-state index in [0.717, 1.165) is 6.07 Å². The van der Waals surface area contributed by atoms with E-state index in [4.69, 9.17) is 0 Å². The Morgan fingerprint density at radius 3 is 2.30 bits per heavy atom. The van der Waals surface area contributed by atoms with Crippen LogP contribution in [0.2, 0.25) is 0 Å². The van der Waals surface area contributed by atoms with Crippen molar-refractivity contribution in [1.29, 1.82) is 0 Å². The highest BCUT2D eigenvalue weighted by molar-refractivity contribution is 9.10. The molecule has 12 heteroatoms. The summed E-state index contributed by atoms with van der Waals surface area (Å²) in [5.41, 5.74) is -0.0532. The van der Waals surface area contributed by atoms with E-state index in [1.165, 1.54) is 0 Å². The number of pyridine rings is 1. The van der Waals surface area contributed by atoms with E-state index in [-0.39, 0.29) is 16.8 Å². The van der Waals surface area contributed by atoms with Crippen molar-refractivity contribution in [3.05, 3.63) is 40.0 Å². The number of rotatable bonds is 4. The zero-order valence-electron chi connectivity index (χ0n) is 11.1. The number of carbonyl (C=O) groups excluding carboxylic acids is 2. The van der Waals surface area contributed by atoms with E-state index in [0.29, 0.717) is 9.86 Å². The number of carbonyl (C=O) groups is 2. The maximum atomic E-state index is 13.0. The molecule has 0 saturated carbocycles. The van der Waals surface area contributed by atoms with Crippen molar-refractivity contribution >= 4 is 72.9 Å². The van der Waals surface area contributed by atoms with Crippen LogP contribution in [0.3, 0.4) is 0 Å². The van der Waals surface area contributed by atoms with Gasteiger partial charge >= 0.3 is 11.9 Å². The van der Waals surface area contributed by atoms with E-state index in [1.807, 2.05) is 0 Å². The lowest BCUT2D eigenvalue weighted by Gasteiger charge is -2.10. The van der Waals surface area contributed by atoms with Crippen LogP contribution >= 0.6 is 50.1 Å². The van der Waals surface area contributed by atoms with E-state index in [9.17, 15) is 18.0 Å². The fourth-order valence-electron chi connectivity index (χ4n) is 1.73. The highest BCUT2D eigenvalue weighted by Crippen LogP contribution is 2.48. The molecule has 5 nitrogen and oxygen atoms in total. The predicted octanol–water partition coefficient (Wildman–Crippen LogP) is 5.45. The van der Waals surface area contributed by atoms with Gasteiger partial charge in [-0.05, 0) is 42.1 Å². The molecule has 0 fully saturated rings. The summed E-state index contributed by atoms with van der Waals surface area (Å²) in [6.07, 6.45) is 0. The van der Waals surface area contributed by atoms with Crippen molar-refractivity contribution in [3.63, 3.8) is 0 Å². The monoisotopic (exact) mass is 459 g/mol. The molecule has 0 saturated heterocycles. The molecule has 2 aromatic rings. The van der Waals surface area contributed by atoms with Crippen LogP contribution in [0.4, 0.5) is 8.39 Å². The Kier molecular flexibility index (Phi) is 6.71. The second-order valence-electron chi connectivity index (χ2n) is 4.02. The number of fused-ring (bicyclic) bond motifs is 1. The van der Waals surface area contributed by atoms with Crippen molar-refractivity contribution in [2.24, 2.45) is 0 Å². The molecule has 0 bridgehead atoms. The Hall–Kier alpha value is -0.370. The van der Waals surface area contributed by atoms with Crippen molar-refractivity contribution < 1.29 is 27.0 Å². The molecular weight excluding hydrogens is 452 g/mol. The third kappa shape index (κ3) is 5.05. The lowest BCUT2D eigenvalue weighted by Crippen LogP contribution is -2.08. The van der Waals surface area contributed by atoms with Gasteiger partial charge in [0, 0.05) is 9.86 Å². The number of benzene rings is 1. The van der Waals surface area contributed by atoms with Gasteiger partial charge in [-0.25, -0.2) is 14.6 Å². The maximum Gasteiger partial charge on any atom is 0.361 e. The first kappa shape index (κ1) is 19.0. The van der Waals surface area contributed by atoms with Gasteiger partial charge in [-0.15, -0.1) is 0 Å².